The maximum Gasteiger partial charge on any atom is 0.230 e. The van der Waals surface area contributed by atoms with Crippen molar-refractivity contribution in [1.29, 1.82) is 0 Å². The highest BCUT2D eigenvalue weighted by Gasteiger charge is 2.19. The summed E-state index contributed by atoms with van der Waals surface area (Å²) >= 11 is 6.66. The van der Waals surface area contributed by atoms with Crippen LogP contribution in [0.4, 0.5) is 5.69 Å². The van der Waals surface area contributed by atoms with Crippen molar-refractivity contribution in [2.24, 2.45) is 0 Å². The fourth-order valence-electron chi connectivity index (χ4n) is 1.42. The van der Waals surface area contributed by atoms with Gasteiger partial charge in [-0.15, -0.1) is 0 Å². The van der Waals surface area contributed by atoms with E-state index >= 15 is 0 Å². The average molecular weight is 349 g/mol. The van der Waals surface area contributed by atoms with E-state index < -0.39 is 0 Å². The van der Waals surface area contributed by atoms with Crippen molar-refractivity contribution in [2.75, 3.05) is 4.90 Å². The van der Waals surface area contributed by atoms with Gasteiger partial charge >= 0.3 is 0 Å². The summed E-state index contributed by atoms with van der Waals surface area (Å²) in [4.78, 5) is 24.0. The summed E-state index contributed by atoms with van der Waals surface area (Å²) in [6.07, 6.45) is 0. The van der Waals surface area contributed by atoms with Crippen LogP contribution in [0.15, 0.2) is 22.7 Å². The number of benzene rings is 1. The summed E-state index contributed by atoms with van der Waals surface area (Å²) in [6.45, 7) is 2.75. The predicted octanol–water partition coefficient (Wildman–Crippen LogP) is 3.24. The van der Waals surface area contributed by atoms with Crippen LogP contribution in [0, 0.1) is 0 Å². The quantitative estimate of drug-likeness (QED) is 0.769. The number of hydrogen-bond donors (Lipinski definition) is 0. The van der Waals surface area contributed by atoms with Crippen LogP contribution in [0.1, 0.15) is 19.4 Å². The highest BCUT2D eigenvalue weighted by atomic mass is 79.9. The molecule has 0 aliphatic rings. The minimum absolute atomic E-state index is 0.284. The Balaban J connectivity index is 3.32. The van der Waals surface area contributed by atoms with Crippen molar-refractivity contribution in [3.8, 4) is 0 Å². The van der Waals surface area contributed by atoms with Crippen molar-refractivity contribution in [2.45, 2.75) is 19.2 Å². The summed E-state index contributed by atoms with van der Waals surface area (Å²) in [5.41, 5.74) is 1.51. The second-order valence-electron chi connectivity index (χ2n) is 3.28. The summed E-state index contributed by atoms with van der Waals surface area (Å²) in [5, 5.41) is 0.590. The topological polar surface area (TPSA) is 37.4 Å². The Kier molecular flexibility index (Phi) is 4.68. The molecule has 3 nitrogen and oxygen atoms in total. The molecule has 1 rings (SSSR count). The molecule has 0 saturated heterocycles. The monoisotopic (exact) mass is 347 g/mol. The van der Waals surface area contributed by atoms with E-state index in [-0.39, 0.29) is 11.8 Å². The Morgan fingerprint density at radius 1 is 1.25 bits per heavy atom. The fraction of sp³-hybridized carbons (Fsp3) is 0.273. The van der Waals surface area contributed by atoms with Crippen LogP contribution in [0.5, 0.6) is 0 Å². The molecule has 1 aromatic rings. The van der Waals surface area contributed by atoms with Gasteiger partial charge in [0.1, 0.15) is 0 Å². The van der Waals surface area contributed by atoms with Crippen molar-refractivity contribution < 1.29 is 9.59 Å². The Bertz CT molecular complexity index is 418. The molecule has 0 saturated carbocycles. The van der Waals surface area contributed by atoms with Crippen LogP contribution in [0.2, 0.25) is 0 Å². The molecule has 2 amide bonds. The largest absolute Gasteiger partial charge is 0.274 e. The molecule has 0 aliphatic heterocycles. The molecule has 0 aliphatic carbocycles. The highest BCUT2D eigenvalue weighted by molar-refractivity contribution is 9.10. The summed E-state index contributed by atoms with van der Waals surface area (Å²) in [7, 11) is 0. The number of amides is 2. The summed E-state index contributed by atoms with van der Waals surface area (Å²) in [5.74, 6) is -0.569. The number of halogens is 2. The molecule has 0 radical (unpaired) electrons. The first kappa shape index (κ1) is 13.4. The lowest BCUT2D eigenvalue weighted by atomic mass is 10.2. The standard InChI is InChI=1S/C11H11Br2NO2/c1-7(15)14(8(2)16)11-5-10(13)4-3-9(11)6-12/h3-5H,6H2,1-2H3. The third-order valence-corrected chi connectivity index (χ3v) is 3.16. The van der Waals surface area contributed by atoms with E-state index in [1.54, 1.807) is 6.07 Å². The second-order valence-corrected chi connectivity index (χ2v) is 4.76. The van der Waals surface area contributed by atoms with Gasteiger partial charge in [0.05, 0.1) is 5.69 Å². The normalized spacial score (nSPS) is 10.0. The van der Waals surface area contributed by atoms with E-state index in [2.05, 4.69) is 31.9 Å². The number of carbonyl (C=O) groups is 2. The first-order valence-corrected chi connectivity index (χ1v) is 6.54. The van der Waals surface area contributed by atoms with Crippen LogP contribution < -0.4 is 4.90 Å². The van der Waals surface area contributed by atoms with Crippen LogP contribution in [-0.2, 0) is 14.9 Å². The number of rotatable bonds is 2. The zero-order chi connectivity index (χ0) is 12.3. The van der Waals surface area contributed by atoms with E-state index in [4.69, 9.17) is 0 Å². The number of carbonyl (C=O) groups excluding carboxylic acids is 2. The fourth-order valence-corrected chi connectivity index (χ4v) is 2.24. The van der Waals surface area contributed by atoms with E-state index in [1.807, 2.05) is 12.1 Å². The molecule has 0 fully saturated rings. The Hall–Kier alpha value is -0.680. The second kappa shape index (κ2) is 5.59. The van der Waals surface area contributed by atoms with Gasteiger partial charge in [-0.05, 0) is 17.7 Å². The van der Waals surface area contributed by atoms with Gasteiger partial charge in [-0.25, -0.2) is 0 Å². The molecular weight excluding hydrogens is 338 g/mol. The van der Waals surface area contributed by atoms with E-state index in [1.165, 1.54) is 18.7 Å². The molecule has 0 atom stereocenters. The predicted molar refractivity (Wildman–Crippen MR) is 70.6 cm³/mol. The zero-order valence-electron chi connectivity index (χ0n) is 8.96. The molecular formula is C11H11Br2NO2. The zero-order valence-corrected chi connectivity index (χ0v) is 12.1. The van der Waals surface area contributed by atoms with Gasteiger partial charge in [0.15, 0.2) is 0 Å². The Morgan fingerprint density at radius 2 is 1.81 bits per heavy atom. The first-order valence-electron chi connectivity index (χ1n) is 4.63. The third kappa shape index (κ3) is 2.92. The Morgan fingerprint density at radius 3 is 2.25 bits per heavy atom. The van der Waals surface area contributed by atoms with E-state index in [0.29, 0.717) is 11.0 Å². The average Bonchev–Trinajstić information content (AvgIpc) is 2.17. The van der Waals surface area contributed by atoms with E-state index in [0.717, 1.165) is 10.0 Å². The minimum Gasteiger partial charge on any atom is -0.274 e. The highest BCUT2D eigenvalue weighted by Crippen LogP contribution is 2.27. The molecule has 1 aromatic carbocycles. The van der Waals surface area contributed by atoms with Crippen molar-refractivity contribution in [1.82, 2.24) is 0 Å². The SMILES string of the molecule is CC(=O)N(C(C)=O)c1cc(Br)ccc1CBr. The Labute approximate surface area is 111 Å². The lowest BCUT2D eigenvalue weighted by Crippen LogP contribution is -2.33. The van der Waals surface area contributed by atoms with E-state index in [9.17, 15) is 9.59 Å². The lowest BCUT2D eigenvalue weighted by Gasteiger charge is -2.20. The number of alkyl halides is 1. The first-order chi connectivity index (χ1) is 7.47. The van der Waals surface area contributed by atoms with Crippen molar-refractivity contribution in [3.05, 3.63) is 28.2 Å². The van der Waals surface area contributed by atoms with Gasteiger partial charge in [0, 0.05) is 23.7 Å². The van der Waals surface area contributed by atoms with Crippen LogP contribution >= 0.6 is 31.9 Å². The van der Waals surface area contributed by atoms with Crippen molar-refractivity contribution in [3.63, 3.8) is 0 Å². The van der Waals surface area contributed by atoms with Gasteiger partial charge in [-0.3, -0.25) is 14.5 Å². The maximum absolute atomic E-state index is 11.4. The number of anilines is 1. The lowest BCUT2D eigenvalue weighted by molar-refractivity contribution is -0.124. The van der Waals surface area contributed by atoms with Crippen LogP contribution in [0.3, 0.4) is 0 Å². The minimum atomic E-state index is -0.284. The molecule has 86 valence electrons. The third-order valence-electron chi connectivity index (χ3n) is 2.06. The van der Waals surface area contributed by atoms with Gasteiger partial charge < -0.3 is 0 Å². The molecule has 0 spiro atoms. The van der Waals surface area contributed by atoms with Crippen LogP contribution in [0.25, 0.3) is 0 Å². The molecule has 0 N–H and O–H groups in total. The molecule has 16 heavy (non-hydrogen) atoms. The maximum atomic E-state index is 11.4. The molecule has 0 bridgehead atoms. The molecule has 0 heterocycles. The molecule has 5 heteroatoms. The molecule has 0 unspecified atom stereocenters. The summed E-state index contributed by atoms with van der Waals surface area (Å²) in [6, 6.07) is 5.50. The van der Waals surface area contributed by atoms with Gasteiger partial charge in [-0.1, -0.05) is 37.9 Å². The van der Waals surface area contributed by atoms with Gasteiger partial charge in [0.2, 0.25) is 11.8 Å². The van der Waals surface area contributed by atoms with Crippen LogP contribution in [-0.4, -0.2) is 11.8 Å². The van der Waals surface area contributed by atoms with Gasteiger partial charge in [-0.2, -0.15) is 0 Å². The number of nitrogens with zero attached hydrogens (tertiary/aromatic N) is 1. The van der Waals surface area contributed by atoms with Crippen molar-refractivity contribution >= 4 is 49.4 Å². The van der Waals surface area contributed by atoms with Gasteiger partial charge in [0.25, 0.3) is 0 Å². The molecule has 0 aromatic heterocycles. The smallest absolute Gasteiger partial charge is 0.230 e. The number of imide groups is 1. The number of hydrogen-bond acceptors (Lipinski definition) is 2. The summed E-state index contributed by atoms with van der Waals surface area (Å²) < 4.78 is 0.833.